The number of benzene rings is 2. The molecule has 7 nitrogen and oxygen atoms in total. The highest BCUT2D eigenvalue weighted by Crippen LogP contribution is 2.33. The maximum Gasteiger partial charge on any atom is 0.326 e. The third-order valence-corrected chi connectivity index (χ3v) is 5.93. The summed E-state index contributed by atoms with van der Waals surface area (Å²) in [4.78, 5) is 17.8. The van der Waals surface area contributed by atoms with Crippen molar-refractivity contribution in [3.63, 3.8) is 0 Å². The fourth-order valence-corrected chi connectivity index (χ4v) is 4.43. The monoisotopic (exact) mass is 413 g/mol. The third-order valence-electron chi connectivity index (χ3n) is 5.93. The number of halogens is 1. The maximum atomic E-state index is 13.5. The quantitative estimate of drug-likeness (QED) is 0.712. The SMILES string of the molecule is COc1ccc2c(c1)[nH]c(=O)n2C1CCN(CC2COc3ccc(F)cc3O2)CC1. The Kier molecular flexibility index (Phi) is 4.86. The van der Waals surface area contributed by atoms with Crippen LogP contribution in [0, 0.1) is 5.82 Å². The highest BCUT2D eigenvalue weighted by molar-refractivity contribution is 5.77. The van der Waals surface area contributed by atoms with Crippen molar-refractivity contribution in [2.45, 2.75) is 25.0 Å². The van der Waals surface area contributed by atoms with E-state index in [2.05, 4.69) is 9.88 Å². The fraction of sp³-hybridized carbons (Fsp3) is 0.409. The molecule has 2 aliphatic heterocycles. The lowest BCUT2D eigenvalue weighted by Crippen LogP contribution is -2.45. The van der Waals surface area contributed by atoms with E-state index in [0.717, 1.165) is 42.7 Å². The molecule has 5 rings (SSSR count). The van der Waals surface area contributed by atoms with Gasteiger partial charge < -0.3 is 19.2 Å². The number of piperidine rings is 1. The molecular formula is C22H24FN3O4. The van der Waals surface area contributed by atoms with E-state index < -0.39 is 0 Å². The van der Waals surface area contributed by atoms with Crippen molar-refractivity contribution < 1.29 is 18.6 Å². The highest BCUT2D eigenvalue weighted by atomic mass is 19.1. The molecule has 1 unspecified atom stereocenters. The molecular weight excluding hydrogens is 389 g/mol. The lowest BCUT2D eigenvalue weighted by atomic mass is 10.0. The molecule has 2 aliphatic rings. The third kappa shape index (κ3) is 3.52. The lowest BCUT2D eigenvalue weighted by Gasteiger charge is -2.36. The Morgan fingerprint density at radius 3 is 2.80 bits per heavy atom. The minimum atomic E-state index is -0.333. The van der Waals surface area contributed by atoms with Crippen LogP contribution in [-0.2, 0) is 0 Å². The van der Waals surface area contributed by atoms with Crippen LogP contribution < -0.4 is 19.9 Å². The first-order valence-corrected chi connectivity index (χ1v) is 10.2. The van der Waals surface area contributed by atoms with Gasteiger partial charge in [-0.3, -0.25) is 9.47 Å². The molecule has 0 spiro atoms. The molecule has 158 valence electrons. The van der Waals surface area contributed by atoms with Gasteiger partial charge in [-0.1, -0.05) is 0 Å². The zero-order valence-electron chi connectivity index (χ0n) is 16.8. The number of nitrogens with one attached hydrogen (secondary N) is 1. The number of likely N-dealkylation sites (tertiary alicyclic amines) is 1. The number of aromatic amines is 1. The molecule has 3 heterocycles. The molecule has 1 saturated heterocycles. The lowest BCUT2D eigenvalue weighted by molar-refractivity contribution is 0.0482. The Morgan fingerprint density at radius 1 is 1.17 bits per heavy atom. The number of imidazole rings is 1. The largest absolute Gasteiger partial charge is 0.497 e. The van der Waals surface area contributed by atoms with Gasteiger partial charge in [-0.15, -0.1) is 0 Å². The van der Waals surface area contributed by atoms with Gasteiger partial charge in [0.15, 0.2) is 11.5 Å². The number of hydrogen-bond acceptors (Lipinski definition) is 5. The maximum absolute atomic E-state index is 13.5. The van der Waals surface area contributed by atoms with E-state index in [9.17, 15) is 9.18 Å². The Balaban J connectivity index is 1.24. The molecule has 0 saturated carbocycles. The Labute approximate surface area is 173 Å². The summed E-state index contributed by atoms with van der Waals surface area (Å²) in [5.74, 6) is 1.44. The van der Waals surface area contributed by atoms with Crippen molar-refractivity contribution >= 4 is 11.0 Å². The average Bonchev–Trinajstić information content (AvgIpc) is 3.08. The second-order valence-electron chi connectivity index (χ2n) is 7.86. The fourth-order valence-electron chi connectivity index (χ4n) is 4.43. The van der Waals surface area contributed by atoms with Crippen molar-refractivity contribution in [1.82, 2.24) is 14.5 Å². The van der Waals surface area contributed by atoms with Gasteiger partial charge in [0.05, 0.1) is 18.1 Å². The zero-order chi connectivity index (χ0) is 20.7. The number of fused-ring (bicyclic) bond motifs is 2. The predicted octanol–water partition coefficient (Wildman–Crippen LogP) is 2.95. The summed E-state index contributed by atoms with van der Waals surface area (Å²) in [5, 5.41) is 0. The average molecular weight is 413 g/mol. The topological polar surface area (TPSA) is 68.7 Å². The summed E-state index contributed by atoms with van der Waals surface area (Å²) in [7, 11) is 1.61. The van der Waals surface area contributed by atoms with Gasteiger partial charge in [0.1, 0.15) is 24.3 Å². The van der Waals surface area contributed by atoms with Crippen molar-refractivity contribution in [2.24, 2.45) is 0 Å². The van der Waals surface area contributed by atoms with Gasteiger partial charge in [0, 0.05) is 37.8 Å². The van der Waals surface area contributed by atoms with E-state index in [0.29, 0.717) is 24.7 Å². The van der Waals surface area contributed by atoms with E-state index >= 15 is 0 Å². The normalized spacial score (nSPS) is 19.9. The molecule has 30 heavy (non-hydrogen) atoms. The summed E-state index contributed by atoms with van der Waals surface area (Å²) in [6, 6.07) is 10.1. The summed E-state index contributed by atoms with van der Waals surface area (Å²) < 4.78 is 32.2. The highest BCUT2D eigenvalue weighted by Gasteiger charge is 2.28. The van der Waals surface area contributed by atoms with Gasteiger partial charge in [0.25, 0.3) is 0 Å². The van der Waals surface area contributed by atoms with E-state index in [-0.39, 0.29) is 23.7 Å². The Morgan fingerprint density at radius 2 is 2.00 bits per heavy atom. The summed E-state index contributed by atoms with van der Waals surface area (Å²) in [5.41, 5.74) is 1.61. The first-order valence-electron chi connectivity index (χ1n) is 10.2. The van der Waals surface area contributed by atoms with Crippen LogP contribution in [0.15, 0.2) is 41.2 Å². The number of hydrogen-bond donors (Lipinski definition) is 1. The molecule has 0 bridgehead atoms. The van der Waals surface area contributed by atoms with Crippen LogP contribution in [0.2, 0.25) is 0 Å². The number of methoxy groups -OCH3 is 1. The molecule has 1 aromatic heterocycles. The van der Waals surface area contributed by atoms with Crippen molar-refractivity contribution in [3.05, 3.63) is 52.7 Å². The number of rotatable bonds is 4. The molecule has 8 heteroatoms. The van der Waals surface area contributed by atoms with E-state index in [1.54, 1.807) is 13.2 Å². The van der Waals surface area contributed by atoms with Crippen LogP contribution in [0.25, 0.3) is 11.0 Å². The summed E-state index contributed by atoms with van der Waals surface area (Å²) >= 11 is 0. The number of nitrogens with zero attached hydrogens (tertiary/aromatic N) is 2. The first-order chi connectivity index (χ1) is 14.6. The first kappa shape index (κ1) is 19.0. The standard InChI is InChI=1S/C22H24FN3O4/c1-28-16-3-4-19-18(11-16)24-22(27)26(19)15-6-8-25(9-7-15)12-17-13-29-20-5-2-14(23)10-21(20)30-17/h2-5,10-11,15,17H,6-9,12-13H2,1H3,(H,24,27). The van der Waals surface area contributed by atoms with Gasteiger partial charge in [-0.25, -0.2) is 9.18 Å². The number of H-pyrrole nitrogens is 1. The zero-order valence-corrected chi connectivity index (χ0v) is 16.8. The molecule has 0 radical (unpaired) electrons. The van der Waals surface area contributed by atoms with Gasteiger partial charge >= 0.3 is 5.69 Å². The number of ether oxygens (including phenoxy) is 3. The Bertz CT molecular complexity index is 1120. The molecule has 1 fully saturated rings. The molecule has 0 amide bonds. The molecule has 1 N–H and O–H groups in total. The van der Waals surface area contributed by atoms with Crippen LogP contribution in [-0.4, -0.2) is 53.9 Å². The summed E-state index contributed by atoms with van der Waals surface area (Å²) in [6.07, 6.45) is 1.61. The molecule has 3 aromatic rings. The Hall–Kier alpha value is -3.00. The second-order valence-corrected chi connectivity index (χ2v) is 7.86. The van der Waals surface area contributed by atoms with Crippen LogP contribution in [0.4, 0.5) is 4.39 Å². The van der Waals surface area contributed by atoms with Crippen molar-refractivity contribution in [3.8, 4) is 17.2 Å². The van der Waals surface area contributed by atoms with Gasteiger partial charge in [-0.2, -0.15) is 0 Å². The van der Waals surface area contributed by atoms with Crippen molar-refractivity contribution in [1.29, 1.82) is 0 Å². The van der Waals surface area contributed by atoms with Crippen molar-refractivity contribution in [2.75, 3.05) is 33.4 Å². The molecule has 0 aliphatic carbocycles. The van der Waals surface area contributed by atoms with Crippen LogP contribution in [0.1, 0.15) is 18.9 Å². The smallest absolute Gasteiger partial charge is 0.326 e. The van der Waals surface area contributed by atoms with E-state index in [1.165, 1.54) is 12.1 Å². The minimum Gasteiger partial charge on any atom is -0.497 e. The molecule has 2 aromatic carbocycles. The molecule has 1 atom stereocenters. The van der Waals surface area contributed by atoms with E-state index in [1.807, 2.05) is 22.8 Å². The number of aromatic nitrogens is 2. The van der Waals surface area contributed by atoms with Crippen LogP contribution in [0.3, 0.4) is 0 Å². The van der Waals surface area contributed by atoms with Gasteiger partial charge in [0.2, 0.25) is 0 Å². The second kappa shape index (κ2) is 7.68. The minimum absolute atomic E-state index is 0.0839. The summed E-state index contributed by atoms with van der Waals surface area (Å²) in [6.45, 7) is 2.87. The predicted molar refractivity (Wildman–Crippen MR) is 110 cm³/mol. The van der Waals surface area contributed by atoms with Crippen LogP contribution in [0.5, 0.6) is 17.2 Å². The van der Waals surface area contributed by atoms with E-state index in [4.69, 9.17) is 14.2 Å². The van der Waals surface area contributed by atoms with Crippen LogP contribution >= 0.6 is 0 Å². The van der Waals surface area contributed by atoms with Gasteiger partial charge in [-0.05, 0) is 37.1 Å².